The summed E-state index contributed by atoms with van der Waals surface area (Å²) >= 11 is 0. The van der Waals surface area contributed by atoms with Crippen LogP contribution >= 0.6 is 0 Å². The van der Waals surface area contributed by atoms with E-state index in [0.717, 1.165) is 5.82 Å². The van der Waals surface area contributed by atoms with Crippen LogP contribution in [0.15, 0.2) is 54.7 Å². The van der Waals surface area contributed by atoms with E-state index < -0.39 is 28.0 Å². The number of pyridine rings is 1. The van der Waals surface area contributed by atoms with Crippen molar-refractivity contribution in [1.29, 1.82) is 0 Å². The maximum Gasteiger partial charge on any atom is 0.319 e. The van der Waals surface area contributed by atoms with Gasteiger partial charge in [-0.1, -0.05) is 38.1 Å². The second-order valence-corrected chi connectivity index (χ2v) is 10.5. The van der Waals surface area contributed by atoms with Crippen molar-refractivity contribution < 1.29 is 18.0 Å². The fourth-order valence-corrected chi connectivity index (χ4v) is 4.98. The Labute approximate surface area is 200 Å². The lowest BCUT2D eigenvalue weighted by atomic mass is 10.0. The van der Waals surface area contributed by atoms with Crippen molar-refractivity contribution in [2.24, 2.45) is 5.92 Å². The van der Waals surface area contributed by atoms with E-state index in [1.807, 2.05) is 43.0 Å². The van der Waals surface area contributed by atoms with Crippen LogP contribution in [0.4, 0.5) is 16.3 Å². The van der Waals surface area contributed by atoms with Crippen LogP contribution in [0.25, 0.3) is 0 Å². The molecule has 1 aliphatic heterocycles. The molecule has 1 saturated heterocycles. The van der Waals surface area contributed by atoms with Crippen molar-refractivity contribution >= 4 is 33.5 Å². The predicted octanol–water partition coefficient (Wildman–Crippen LogP) is 1.50. The van der Waals surface area contributed by atoms with Gasteiger partial charge in [0.2, 0.25) is 15.9 Å². The average Bonchev–Trinajstić information content (AvgIpc) is 2.83. The monoisotopic (exact) mass is 488 g/mol. The third kappa shape index (κ3) is 7.16. The van der Waals surface area contributed by atoms with Gasteiger partial charge < -0.3 is 20.9 Å². The molecule has 0 spiro atoms. The Morgan fingerprint density at radius 3 is 2.29 bits per heavy atom. The molecule has 1 aromatic carbocycles. The lowest BCUT2D eigenvalue weighted by Gasteiger charge is -2.34. The first-order valence-corrected chi connectivity index (χ1v) is 12.9. The Balaban J connectivity index is 1.46. The van der Waals surface area contributed by atoms with Gasteiger partial charge in [-0.15, -0.1) is 0 Å². The number of piperazine rings is 1. The molecule has 1 atom stereocenters. The zero-order valence-corrected chi connectivity index (χ0v) is 20.3. The number of carbonyl (C=O) groups excluding carboxylic acids is 2. The standard InChI is InChI=1S/C23H32N6O4S/c1-18(2)21(27-23(31)26-19-8-4-3-5-9-19)22(30)25-12-17-34(32,33)29-15-13-28(14-16-29)20-10-6-7-11-24-20/h3-11,18,21H,12-17H2,1-2H3,(H,25,30)(H2,26,27,31). The minimum absolute atomic E-state index is 0.0349. The van der Waals surface area contributed by atoms with Crippen LogP contribution in [0, 0.1) is 5.92 Å². The predicted molar refractivity (Wildman–Crippen MR) is 132 cm³/mol. The molecule has 0 aliphatic carbocycles. The third-order valence-electron chi connectivity index (χ3n) is 5.53. The molecule has 3 amide bonds. The van der Waals surface area contributed by atoms with Gasteiger partial charge in [-0.25, -0.2) is 18.2 Å². The lowest BCUT2D eigenvalue weighted by Crippen LogP contribution is -2.53. The first kappa shape index (κ1) is 25.4. The number of hydrogen-bond donors (Lipinski definition) is 3. The van der Waals surface area contributed by atoms with Crippen molar-refractivity contribution in [3.63, 3.8) is 0 Å². The number of carbonyl (C=O) groups is 2. The molecule has 1 aliphatic rings. The number of rotatable bonds is 9. The molecule has 1 unspecified atom stereocenters. The van der Waals surface area contributed by atoms with Gasteiger partial charge in [0.15, 0.2) is 0 Å². The normalized spacial score (nSPS) is 15.6. The van der Waals surface area contributed by atoms with E-state index in [1.54, 1.807) is 30.5 Å². The molecule has 10 nitrogen and oxygen atoms in total. The number of hydrogen-bond acceptors (Lipinski definition) is 6. The van der Waals surface area contributed by atoms with Crippen molar-refractivity contribution in [2.75, 3.05) is 48.7 Å². The quantitative estimate of drug-likeness (QED) is 0.491. The van der Waals surface area contributed by atoms with Crippen molar-refractivity contribution in [3.05, 3.63) is 54.7 Å². The van der Waals surface area contributed by atoms with E-state index in [0.29, 0.717) is 31.9 Å². The van der Waals surface area contributed by atoms with Crippen molar-refractivity contribution in [2.45, 2.75) is 19.9 Å². The molecule has 3 rings (SSSR count). The summed E-state index contributed by atoms with van der Waals surface area (Å²) in [5, 5.41) is 8.00. The Bertz CT molecular complexity index is 1040. The van der Waals surface area contributed by atoms with E-state index in [4.69, 9.17) is 0 Å². The first-order valence-electron chi connectivity index (χ1n) is 11.3. The van der Waals surface area contributed by atoms with E-state index in [2.05, 4.69) is 20.9 Å². The van der Waals surface area contributed by atoms with Crippen LogP contribution < -0.4 is 20.9 Å². The van der Waals surface area contributed by atoms with Crippen LogP contribution in [0.1, 0.15) is 13.8 Å². The molecule has 34 heavy (non-hydrogen) atoms. The van der Waals surface area contributed by atoms with Gasteiger partial charge in [0.25, 0.3) is 0 Å². The molecule has 2 aromatic rings. The number of para-hydroxylation sites is 1. The van der Waals surface area contributed by atoms with Gasteiger partial charge in [0.1, 0.15) is 11.9 Å². The Morgan fingerprint density at radius 1 is 1.00 bits per heavy atom. The summed E-state index contributed by atoms with van der Waals surface area (Å²) in [5.41, 5.74) is 0.608. The van der Waals surface area contributed by atoms with Crippen LogP contribution in [0.3, 0.4) is 0 Å². The van der Waals surface area contributed by atoms with E-state index in [-0.39, 0.29) is 18.2 Å². The molecule has 0 bridgehead atoms. The van der Waals surface area contributed by atoms with Gasteiger partial charge >= 0.3 is 6.03 Å². The largest absolute Gasteiger partial charge is 0.354 e. The minimum Gasteiger partial charge on any atom is -0.354 e. The molecular formula is C23H32N6O4S. The average molecular weight is 489 g/mol. The Kier molecular flexibility index (Phi) is 8.83. The number of nitrogens with one attached hydrogen (secondary N) is 3. The highest BCUT2D eigenvalue weighted by atomic mass is 32.2. The zero-order chi connectivity index (χ0) is 24.6. The topological polar surface area (TPSA) is 124 Å². The summed E-state index contributed by atoms with van der Waals surface area (Å²) in [4.78, 5) is 31.3. The number of urea groups is 1. The summed E-state index contributed by atoms with van der Waals surface area (Å²) in [5.74, 6) is 0.0186. The van der Waals surface area contributed by atoms with Gasteiger partial charge in [-0.2, -0.15) is 4.31 Å². The number of anilines is 2. The Hall–Kier alpha value is -3.18. The fourth-order valence-electron chi connectivity index (χ4n) is 3.64. The smallest absolute Gasteiger partial charge is 0.319 e. The number of nitrogens with zero attached hydrogens (tertiary/aromatic N) is 3. The molecule has 0 saturated carbocycles. The molecule has 0 radical (unpaired) electrons. The zero-order valence-electron chi connectivity index (χ0n) is 19.5. The first-order chi connectivity index (χ1) is 16.3. The SMILES string of the molecule is CC(C)C(NC(=O)Nc1ccccc1)C(=O)NCCS(=O)(=O)N1CCN(c2ccccn2)CC1. The molecule has 2 heterocycles. The molecule has 11 heteroatoms. The van der Waals surface area contributed by atoms with Gasteiger partial charge in [0, 0.05) is 44.6 Å². The van der Waals surface area contributed by atoms with E-state index >= 15 is 0 Å². The summed E-state index contributed by atoms with van der Waals surface area (Å²) in [6.07, 6.45) is 1.71. The summed E-state index contributed by atoms with van der Waals surface area (Å²) < 4.78 is 27.0. The summed E-state index contributed by atoms with van der Waals surface area (Å²) in [6, 6.07) is 13.2. The summed E-state index contributed by atoms with van der Waals surface area (Å²) in [7, 11) is -3.52. The highest BCUT2D eigenvalue weighted by Gasteiger charge is 2.28. The Morgan fingerprint density at radius 2 is 1.68 bits per heavy atom. The van der Waals surface area contributed by atoms with Crippen molar-refractivity contribution in [3.8, 4) is 0 Å². The molecule has 1 fully saturated rings. The van der Waals surface area contributed by atoms with E-state index in [9.17, 15) is 18.0 Å². The maximum absolute atomic E-state index is 12.8. The second-order valence-electron chi connectivity index (χ2n) is 8.37. The molecule has 1 aromatic heterocycles. The highest BCUT2D eigenvalue weighted by molar-refractivity contribution is 7.89. The molecule has 3 N–H and O–H groups in total. The van der Waals surface area contributed by atoms with Crippen LogP contribution in [0.5, 0.6) is 0 Å². The van der Waals surface area contributed by atoms with Crippen LogP contribution in [-0.4, -0.2) is 74.2 Å². The molecule has 184 valence electrons. The van der Waals surface area contributed by atoms with E-state index in [1.165, 1.54) is 4.31 Å². The maximum atomic E-state index is 12.8. The van der Waals surface area contributed by atoms with Crippen LogP contribution in [-0.2, 0) is 14.8 Å². The second kappa shape index (κ2) is 11.8. The van der Waals surface area contributed by atoms with Crippen molar-refractivity contribution in [1.82, 2.24) is 19.9 Å². The lowest BCUT2D eigenvalue weighted by molar-refractivity contribution is -0.123. The number of amides is 3. The van der Waals surface area contributed by atoms with Gasteiger partial charge in [0.05, 0.1) is 5.75 Å². The van der Waals surface area contributed by atoms with Gasteiger partial charge in [-0.3, -0.25) is 4.79 Å². The fraction of sp³-hybridized carbons (Fsp3) is 0.435. The molecular weight excluding hydrogens is 456 g/mol. The van der Waals surface area contributed by atoms with Crippen LogP contribution in [0.2, 0.25) is 0 Å². The summed E-state index contributed by atoms with van der Waals surface area (Å²) in [6.45, 7) is 5.42. The minimum atomic E-state index is -3.52. The van der Waals surface area contributed by atoms with Gasteiger partial charge in [-0.05, 0) is 30.2 Å². The number of aromatic nitrogens is 1. The third-order valence-corrected chi connectivity index (χ3v) is 7.40. The number of benzene rings is 1. The highest BCUT2D eigenvalue weighted by Crippen LogP contribution is 2.14. The number of sulfonamides is 1.